The minimum Gasteiger partial charge on any atom is -0.545 e. The average Bonchev–Trinajstić information content (AvgIpc) is 2.95. The van der Waals surface area contributed by atoms with Crippen LogP contribution in [-0.4, -0.2) is 12.0 Å². The second kappa shape index (κ2) is 11.9. The number of anilines is 1. The summed E-state index contributed by atoms with van der Waals surface area (Å²) in [6, 6.07) is 5.74. The molecule has 0 aromatic heterocycles. The smallest absolute Gasteiger partial charge is 0.545 e. The zero-order valence-corrected chi connectivity index (χ0v) is 17.4. The van der Waals surface area contributed by atoms with Gasteiger partial charge in [-0.2, -0.15) is 0 Å². The van der Waals surface area contributed by atoms with Crippen LogP contribution in [0.15, 0.2) is 18.2 Å². The number of unbranched alkanes of at least 4 members (excludes halogenated alkanes) is 8. The number of carbonyl (C=O) groups excluding carboxylic acids is 1. The summed E-state index contributed by atoms with van der Waals surface area (Å²) in [6.07, 6.45) is 14.4. The molecule has 0 saturated heterocycles. The van der Waals surface area contributed by atoms with E-state index in [9.17, 15) is 9.90 Å². The van der Waals surface area contributed by atoms with Crippen molar-refractivity contribution < 1.29 is 39.5 Å². The molecule has 3 nitrogen and oxygen atoms in total. The monoisotopic (exact) mass is 339 g/mol. The van der Waals surface area contributed by atoms with E-state index in [4.69, 9.17) is 0 Å². The Hall–Kier alpha value is -0.510. The number of benzene rings is 1. The van der Waals surface area contributed by atoms with Crippen molar-refractivity contribution in [3.8, 4) is 0 Å². The molecular formula is C20H30NNaO2. The molecule has 1 aliphatic rings. The standard InChI is InChI=1S/C20H31NO2.Na/c1-2-3-4-5-6-7-8-9-10-11-18-14-16-12-13-17(20(22)23)15-19(16)21-18;/h12-13,15,18,21H,2-11,14H2,1H3,(H,22,23);/q;+1/p-1. The Bertz CT molecular complexity index is 504. The number of aromatic carboxylic acids is 1. The summed E-state index contributed by atoms with van der Waals surface area (Å²) >= 11 is 0. The van der Waals surface area contributed by atoms with Gasteiger partial charge in [0.05, 0.1) is 5.97 Å². The van der Waals surface area contributed by atoms with Crippen molar-refractivity contribution in [1.29, 1.82) is 0 Å². The van der Waals surface area contributed by atoms with E-state index in [-0.39, 0.29) is 35.1 Å². The number of hydrogen-bond donors (Lipinski definition) is 1. The van der Waals surface area contributed by atoms with Crippen LogP contribution in [0.25, 0.3) is 0 Å². The van der Waals surface area contributed by atoms with Crippen LogP contribution in [0.4, 0.5) is 5.69 Å². The van der Waals surface area contributed by atoms with Gasteiger partial charge in [0.1, 0.15) is 0 Å². The summed E-state index contributed by atoms with van der Waals surface area (Å²) in [7, 11) is 0. The van der Waals surface area contributed by atoms with Gasteiger partial charge in [0.25, 0.3) is 0 Å². The van der Waals surface area contributed by atoms with Gasteiger partial charge >= 0.3 is 29.6 Å². The average molecular weight is 339 g/mol. The molecule has 2 rings (SSSR count). The molecule has 0 radical (unpaired) electrons. The number of carbonyl (C=O) groups is 1. The van der Waals surface area contributed by atoms with Crippen LogP contribution in [0.1, 0.15) is 87.1 Å². The molecule has 1 aromatic rings. The Morgan fingerprint density at radius 1 is 1.08 bits per heavy atom. The summed E-state index contributed by atoms with van der Waals surface area (Å²) in [6.45, 7) is 2.26. The van der Waals surface area contributed by atoms with E-state index < -0.39 is 5.97 Å². The molecular weight excluding hydrogens is 309 g/mol. The second-order valence-electron chi connectivity index (χ2n) is 6.82. The first kappa shape index (κ1) is 21.5. The van der Waals surface area contributed by atoms with Crippen LogP contribution in [0.5, 0.6) is 0 Å². The van der Waals surface area contributed by atoms with E-state index >= 15 is 0 Å². The molecule has 1 N–H and O–H groups in total. The van der Waals surface area contributed by atoms with Gasteiger partial charge in [-0.1, -0.05) is 76.8 Å². The van der Waals surface area contributed by atoms with Gasteiger partial charge in [-0.25, -0.2) is 0 Å². The Kier molecular flexibility index (Phi) is 10.7. The zero-order chi connectivity index (χ0) is 16.5. The van der Waals surface area contributed by atoms with Gasteiger partial charge in [0, 0.05) is 11.7 Å². The number of hydrogen-bond acceptors (Lipinski definition) is 3. The van der Waals surface area contributed by atoms with Crippen LogP contribution in [0.3, 0.4) is 0 Å². The van der Waals surface area contributed by atoms with Gasteiger partial charge in [-0.15, -0.1) is 0 Å². The zero-order valence-electron chi connectivity index (χ0n) is 15.4. The quantitative estimate of drug-likeness (QED) is 0.489. The fourth-order valence-corrected chi connectivity index (χ4v) is 3.43. The molecule has 4 heteroatoms. The second-order valence-corrected chi connectivity index (χ2v) is 6.82. The van der Waals surface area contributed by atoms with E-state index in [1.807, 2.05) is 6.07 Å². The van der Waals surface area contributed by atoms with Crippen LogP contribution in [0, 0.1) is 0 Å². The van der Waals surface area contributed by atoms with Crippen molar-refractivity contribution in [3.05, 3.63) is 29.3 Å². The van der Waals surface area contributed by atoms with Gasteiger partial charge in [-0.05, 0) is 30.0 Å². The predicted molar refractivity (Wildman–Crippen MR) is 93.7 cm³/mol. The van der Waals surface area contributed by atoms with Crippen LogP contribution >= 0.6 is 0 Å². The number of rotatable bonds is 11. The first-order valence-corrected chi connectivity index (χ1v) is 9.31. The van der Waals surface area contributed by atoms with Crippen molar-refractivity contribution in [2.24, 2.45) is 0 Å². The van der Waals surface area contributed by atoms with Crippen molar-refractivity contribution in [2.75, 3.05) is 5.32 Å². The van der Waals surface area contributed by atoms with Crippen molar-refractivity contribution in [1.82, 2.24) is 0 Å². The molecule has 24 heavy (non-hydrogen) atoms. The molecule has 128 valence electrons. The van der Waals surface area contributed by atoms with E-state index in [2.05, 4.69) is 12.2 Å². The largest absolute Gasteiger partial charge is 1.00 e. The SMILES string of the molecule is CCCCCCCCCCCC1Cc2ccc(C(=O)[O-])cc2N1.[Na+]. The van der Waals surface area contributed by atoms with Gasteiger partial charge in [0.2, 0.25) is 0 Å². The maximum Gasteiger partial charge on any atom is 1.00 e. The first-order chi connectivity index (χ1) is 11.2. The summed E-state index contributed by atoms with van der Waals surface area (Å²) in [4.78, 5) is 10.9. The predicted octanol–water partition coefficient (Wildman–Crippen LogP) is 1.31. The molecule has 0 spiro atoms. The number of fused-ring (bicyclic) bond motifs is 1. The molecule has 1 aliphatic heterocycles. The Balaban J connectivity index is 0.00000288. The minimum atomic E-state index is -1.10. The topological polar surface area (TPSA) is 52.2 Å². The van der Waals surface area contributed by atoms with Crippen LogP contribution in [0.2, 0.25) is 0 Å². The van der Waals surface area contributed by atoms with E-state index in [1.165, 1.54) is 69.8 Å². The molecule has 0 saturated carbocycles. The normalized spacial score (nSPS) is 15.5. The summed E-state index contributed by atoms with van der Waals surface area (Å²) < 4.78 is 0. The third-order valence-electron chi connectivity index (χ3n) is 4.83. The maximum absolute atomic E-state index is 10.9. The first-order valence-electron chi connectivity index (χ1n) is 9.31. The van der Waals surface area contributed by atoms with Gasteiger partial charge < -0.3 is 15.2 Å². The van der Waals surface area contributed by atoms with Crippen molar-refractivity contribution in [2.45, 2.75) is 83.6 Å². The van der Waals surface area contributed by atoms with Crippen molar-refractivity contribution in [3.63, 3.8) is 0 Å². The Labute approximate surface area is 168 Å². The molecule has 1 unspecified atom stereocenters. The van der Waals surface area contributed by atoms with Gasteiger partial charge in [0.15, 0.2) is 0 Å². The third-order valence-corrected chi connectivity index (χ3v) is 4.83. The maximum atomic E-state index is 10.9. The third kappa shape index (κ3) is 7.16. The van der Waals surface area contributed by atoms with E-state index in [1.54, 1.807) is 12.1 Å². The summed E-state index contributed by atoms with van der Waals surface area (Å²) in [5, 5.41) is 14.4. The minimum absolute atomic E-state index is 0. The van der Waals surface area contributed by atoms with Crippen LogP contribution < -0.4 is 40.0 Å². The van der Waals surface area contributed by atoms with Crippen molar-refractivity contribution >= 4 is 11.7 Å². The number of carboxylic acids is 1. The van der Waals surface area contributed by atoms with Gasteiger partial charge in [-0.3, -0.25) is 0 Å². The summed E-state index contributed by atoms with van der Waals surface area (Å²) in [5.74, 6) is -1.10. The molecule has 0 aliphatic carbocycles. The molecule has 1 aromatic carbocycles. The molecule has 0 fully saturated rings. The number of carboxylic acid groups (broad SMARTS) is 1. The summed E-state index contributed by atoms with van der Waals surface area (Å²) in [5.41, 5.74) is 2.48. The number of nitrogens with one attached hydrogen (secondary N) is 1. The fraction of sp³-hybridized carbons (Fsp3) is 0.650. The van der Waals surface area contributed by atoms with E-state index in [0.29, 0.717) is 6.04 Å². The van der Waals surface area contributed by atoms with E-state index in [0.717, 1.165) is 12.1 Å². The molecule has 1 atom stereocenters. The molecule has 1 heterocycles. The molecule has 0 bridgehead atoms. The fourth-order valence-electron chi connectivity index (χ4n) is 3.43. The Morgan fingerprint density at radius 2 is 1.71 bits per heavy atom. The van der Waals surface area contributed by atoms with Crippen LogP contribution in [-0.2, 0) is 6.42 Å². The Morgan fingerprint density at radius 3 is 2.33 bits per heavy atom. The molecule has 0 amide bonds.